The second-order valence-electron chi connectivity index (χ2n) is 3.05. The van der Waals surface area contributed by atoms with Crippen LogP contribution in [0.15, 0.2) is 12.1 Å². The van der Waals surface area contributed by atoms with Crippen molar-refractivity contribution >= 4 is 6.47 Å². The van der Waals surface area contributed by atoms with Crippen LogP contribution in [0, 0.1) is 27.7 Å². The van der Waals surface area contributed by atoms with E-state index in [2.05, 4.69) is 39.8 Å². The van der Waals surface area contributed by atoms with Crippen molar-refractivity contribution in [1.82, 2.24) is 0 Å². The molecule has 0 saturated carbocycles. The number of carbonyl (C=O) groups is 1. The summed E-state index contributed by atoms with van der Waals surface area (Å²) in [4.78, 5) is 8.36. The van der Waals surface area contributed by atoms with Gasteiger partial charge < -0.3 is 5.11 Å². The van der Waals surface area contributed by atoms with Crippen molar-refractivity contribution < 1.29 is 9.90 Å². The van der Waals surface area contributed by atoms with Gasteiger partial charge >= 0.3 is 0 Å². The molecule has 0 saturated heterocycles. The van der Waals surface area contributed by atoms with Crippen LogP contribution in [0.1, 0.15) is 22.3 Å². The average molecular weight is 180 g/mol. The number of aryl methyl sites for hydroxylation is 2. The number of hydrogen-bond acceptors (Lipinski definition) is 1. The predicted molar refractivity (Wildman–Crippen MR) is 54.1 cm³/mol. The molecule has 1 aromatic carbocycles. The minimum absolute atomic E-state index is 0.250. The van der Waals surface area contributed by atoms with E-state index in [4.69, 9.17) is 9.90 Å². The lowest BCUT2D eigenvalue weighted by Crippen LogP contribution is -1.88. The molecule has 0 spiro atoms. The summed E-state index contributed by atoms with van der Waals surface area (Å²) in [6.45, 7) is 8.42. The normalized spacial score (nSPS) is 8.62. The largest absolute Gasteiger partial charge is 0.483 e. The zero-order chi connectivity index (χ0) is 10.4. The maximum absolute atomic E-state index is 8.36. The van der Waals surface area contributed by atoms with Gasteiger partial charge in [0.2, 0.25) is 0 Å². The van der Waals surface area contributed by atoms with Gasteiger partial charge in [-0.2, -0.15) is 0 Å². The zero-order valence-corrected chi connectivity index (χ0v) is 8.59. The quantitative estimate of drug-likeness (QED) is 0.623. The van der Waals surface area contributed by atoms with Crippen LogP contribution in [-0.4, -0.2) is 11.6 Å². The first-order valence-corrected chi connectivity index (χ1v) is 4.15. The van der Waals surface area contributed by atoms with Crippen LogP contribution in [0.4, 0.5) is 0 Å². The molecule has 0 aliphatic heterocycles. The summed E-state index contributed by atoms with van der Waals surface area (Å²) in [6.07, 6.45) is 0. The van der Waals surface area contributed by atoms with Gasteiger partial charge in [0.25, 0.3) is 6.47 Å². The van der Waals surface area contributed by atoms with Crippen LogP contribution >= 0.6 is 0 Å². The molecule has 13 heavy (non-hydrogen) atoms. The SMILES string of the molecule is Cc1ccc(C)c(C)c1C.O=CO. The summed E-state index contributed by atoms with van der Waals surface area (Å²) in [5.41, 5.74) is 5.64. The summed E-state index contributed by atoms with van der Waals surface area (Å²) in [5.74, 6) is 0. The van der Waals surface area contributed by atoms with Gasteiger partial charge in [0.15, 0.2) is 0 Å². The van der Waals surface area contributed by atoms with Gasteiger partial charge in [-0.1, -0.05) is 12.1 Å². The fourth-order valence-electron chi connectivity index (χ4n) is 1.09. The molecule has 0 radical (unpaired) electrons. The van der Waals surface area contributed by atoms with Crippen LogP contribution in [-0.2, 0) is 4.79 Å². The van der Waals surface area contributed by atoms with E-state index in [1.807, 2.05) is 0 Å². The fraction of sp³-hybridized carbons (Fsp3) is 0.364. The minimum atomic E-state index is -0.250. The molecule has 1 rings (SSSR count). The molecule has 72 valence electrons. The summed E-state index contributed by atoms with van der Waals surface area (Å²) < 4.78 is 0. The zero-order valence-electron chi connectivity index (χ0n) is 8.59. The second kappa shape index (κ2) is 5.36. The molecule has 1 aromatic rings. The van der Waals surface area contributed by atoms with E-state index in [9.17, 15) is 0 Å². The van der Waals surface area contributed by atoms with Gasteiger partial charge in [-0.3, -0.25) is 4.79 Å². The molecular weight excluding hydrogens is 164 g/mol. The highest BCUT2D eigenvalue weighted by Crippen LogP contribution is 2.15. The third-order valence-electron chi connectivity index (χ3n) is 2.33. The van der Waals surface area contributed by atoms with Gasteiger partial charge in [0, 0.05) is 0 Å². The minimum Gasteiger partial charge on any atom is -0.483 e. The van der Waals surface area contributed by atoms with Crippen molar-refractivity contribution in [3.8, 4) is 0 Å². The second-order valence-corrected chi connectivity index (χ2v) is 3.05. The Morgan fingerprint density at radius 2 is 1.23 bits per heavy atom. The molecule has 1 N–H and O–H groups in total. The topological polar surface area (TPSA) is 37.3 Å². The van der Waals surface area contributed by atoms with Crippen LogP contribution < -0.4 is 0 Å². The highest BCUT2D eigenvalue weighted by atomic mass is 16.3. The predicted octanol–water partition coefficient (Wildman–Crippen LogP) is 2.62. The maximum atomic E-state index is 8.36. The van der Waals surface area contributed by atoms with Crippen LogP contribution in [0.3, 0.4) is 0 Å². The maximum Gasteiger partial charge on any atom is 0.290 e. The molecule has 0 heterocycles. The molecule has 2 nitrogen and oxygen atoms in total. The van der Waals surface area contributed by atoms with Gasteiger partial charge in [0.05, 0.1) is 0 Å². The third kappa shape index (κ3) is 3.28. The molecule has 0 aliphatic carbocycles. The van der Waals surface area contributed by atoms with Gasteiger partial charge in [-0.15, -0.1) is 0 Å². The van der Waals surface area contributed by atoms with E-state index >= 15 is 0 Å². The fourth-order valence-corrected chi connectivity index (χ4v) is 1.09. The van der Waals surface area contributed by atoms with Crippen molar-refractivity contribution in [3.63, 3.8) is 0 Å². The first-order valence-electron chi connectivity index (χ1n) is 4.15. The molecule has 0 bridgehead atoms. The van der Waals surface area contributed by atoms with Gasteiger partial charge in [0.1, 0.15) is 0 Å². The molecule has 2 heteroatoms. The van der Waals surface area contributed by atoms with Crippen molar-refractivity contribution in [2.75, 3.05) is 0 Å². The molecule has 0 fully saturated rings. The molecule has 0 atom stereocenters. The Bertz CT molecular complexity index is 263. The van der Waals surface area contributed by atoms with Crippen LogP contribution in [0.25, 0.3) is 0 Å². The Morgan fingerprint density at radius 3 is 1.46 bits per heavy atom. The Labute approximate surface area is 79.2 Å². The Kier molecular flexibility index (Phi) is 4.82. The monoisotopic (exact) mass is 180 g/mol. The van der Waals surface area contributed by atoms with Gasteiger partial charge in [-0.25, -0.2) is 0 Å². The Morgan fingerprint density at radius 1 is 1.00 bits per heavy atom. The molecular formula is C11H16O2. The first kappa shape index (κ1) is 11.7. The average Bonchev–Trinajstić information content (AvgIpc) is 2.10. The molecule has 0 amide bonds. The van der Waals surface area contributed by atoms with Crippen LogP contribution in [0.5, 0.6) is 0 Å². The van der Waals surface area contributed by atoms with E-state index in [-0.39, 0.29) is 6.47 Å². The smallest absolute Gasteiger partial charge is 0.290 e. The lowest BCUT2D eigenvalue weighted by Gasteiger charge is -2.06. The number of benzene rings is 1. The number of hydrogen-bond donors (Lipinski definition) is 1. The lowest BCUT2D eigenvalue weighted by atomic mass is 10.0. The van der Waals surface area contributed by atoms with Crippen molar-refractivity contribution in [2.45, 2.75) is 27.7 Å². The third-order valence-corrected chi connectivity index (χ3v) is 2.33. The van der Waals surface area contributed by atoms with Gasteiger partial charge in [-0.05, 0) is 49.9 Å². The summed E-state index contributed by atoms with van der Waals surface area (Å²) in [6, 6.07) is 4.36. The van der Waals surface area contributed by atoms with Crippen LogP contribution in [0.2, 0.25) is 0 Å². The summed E-state index contributed by atoms with van der Waals surface area (Å²) >= 11 is 0. The van der Waals surface area contributed by atoms with Crippen molar-refractivity contribution in [3.05, 3.63) is 34.4 Å². The lowest BCUT2D eigenvalue weighted by molar-refractivity contribution is -0.122. The number of rotatable bonds is 0. The highest BCUT2D eigenvalue weighted by Gasteiger charge is 1.97. The van der Waals surface area contributed by atoms with Crippen molar-refractivity contribution in [2.24, 2.45) is 0 Å². The van der Waals surface area contributed by atoms with E-state index in [1.165, 1.54) is 22.3 Å². The molecule has 0 aromatic heterocycles. The first-order chi connectivity index (χ1) is 6.04. The molecule has 0 aliphatic rings. The summed E-state index contributed by atoms with van der Waals surface area (Å²) in [7, 11) is 0. The van der Waals surface area contributed by atoms with E-state index < -0.39 is 0 Å². The molecule has 0 unspecified atom stereocenters. The summed E-state index contributed by atoms with van der Waals surface area (Å²) in [5, 5.41) is 6.89. The van der Waals surface area contributed by atoms with E-state index in [1.54, 1.807) is 0 Å². The van der Waals surface area contributed by atoms with Crippen molar-refractivity contribution in [1.29, 1.82) is 0 Å². The highest BCUT2D eigenvalue weighted by molar-refractivity contribution is 5.37. The standard InChI is InChI=1S/C10H14.CH2O2/c1-7-5-6-8(2)10(4)9(7)3;2-1-3/h5-6H,1-4H3;1H,(H,2,3). The van der Waals surface area contributed by atoms with E-state index in [0.717, 1.165) is 0 Å². The Balaban J connectivity index is 0.000000424. The number of carboxylic acid groups (broad SMARTS) is 1. The Hall–Kier alpha value is -1.31. The van der Waals surface area contributed by atoms with E-state index in [0.29, 0.717) is 0 Å².